The van der Waals surface area contributed by atoms with Crippen molar-refractivity contribution in [2.24, 2.45) is 0 Å². The molecule has 0 aliphatic carbocycles. The number of carbonyl (C=O) groups is 2. The molecule has 1 aromatic carbocycles. The monoisotopic (exact) mass is 292 g/mol. The predicted molar refractivity (Wildman–Crippen MR) is 65.6 cm³/mol. The Balaban J connectivity index is 3.45. The predicted octanol–water partition coefficient (Wildman–Crippen LogP) is 2.85. The summed E-state index contributed by atoms with van der Waals surface area (Å²) in [5, 5.41) is 0.168. The molecule has 0 N–H and O–H groups in total. The number of hydrogen-bond donors (Lipinski definition) is 0. The van der Waals surface area contributed by atoms with Crippen LogP contribution in [0.5, 0.6) is 17.2 Å². The van der Waals surface area contributed by atoms with Gasteiger partial charge in [0.05, 0.1) is 17.2 Å². The summed E-state index contributed by atoms with van der Waals surface area (Å²) in [6, 6.07) is 1.33. The van der Waals surface area contributed by atoms with Gasteiger partial charge in [-0.3, -0.25) is 9.59 Å². The fourth-order valence-corrected chi connectivity index (χ4v) is 1.79. The first-order valence-corrected chi connectivity index (χ1v) is 5.55. The normalized spacial score (nSPS) is 9.83. The van der Waals surface area contributed by atoms with E-state index in [0.717, 1.165) is 0 Å². The van der Waals surface area contributed by atoms with Crippen molar-refractivity contribution in [3.63, 3.8) is 0 Å². The topological polar surface area (TPSA) is 61.8 Å². The van der Waals surface area contributed by atoms with Gasteiger partial charge < -0.3 is 14.2 Å². The first-order valence-electron chi connectivity index (χ1n) is 4.79. The Morgan fingerprint density at radius 2 is 1.39 bits per heavy atom. The highest BCUT2D eigenvalue weighted by Crippen LogP contribution is 2.47. The maximum atomic E-state index is 11.0. The lowest BCUT2D eigenvalue weighted by atomic mass is 10.3. The first kappa shape index (κ1) is 14.6. The van der Waals surface area contributed by atoms with E-state index in [1.54, 1.807) is 0 Å². The molecule has 7 heteroatoms. The van der Waals surface area contributed by atoms with Gasteiger partial charge in [-0.1, -0.05) is 23.2 Å². The fourth-order valence-electron chi connectivity index (χ4n) is 1.23. The summed E-state index contributed by atoms with van der Waals surface area (Å²) in [6.45, 7) is 2.38. The number of esters is 2. The molecule has 0 saturated heterocycles. The van der Waals surface area contributed by atoms with Crippen molar-refractivity contribution in [1.29, 1.82) is 0 Å². The Morgan fingerprint density at radius 1 is 0.944 bits per heavy atom. The zero-order valence-electron chi connectivity index (χ0n) is 9.87. The van der Waals surface area contributed by atoms with Gasteiger partial charge in [0.15, 0.2) is 11.5 Å². The van der Waals surface area contributed by atoms with Gasteiger partial charge in [-0.2, -0.15) is 0 Å². The molecule has 0 unspecified atom stereocenters. The molecular formula is C11H10Cl2O5. The third-order valence-electron chi connectivity index (χ3n) is 1.80. The molecule has 0 radical (unpaired) electrons. The first-order chi connectivity index (χ1) is 8.36. The molecule has 0 fully saturated rings. The molecule has 0 aromatic heterocycles. The van der Waals surface area contributed by atoms with Crippen LogP contribution in [0.25, 0.3) is 0 Å². The molecule has 0 spiro atoms. The van der Waals surface area contributed by atoms with Crippen LogP contribution in [-0.4, -0.2) is 19.0 Å². The maximum absolute atomic E-state index is 11.0. The van der Waals surface area contributed by atoms with Crippen LogP contribution in [0.4, 0.5) is 0 Å². The third kappa shape index (κ3) is 3.27. The number of hydrogen-bond acceptors (Lipinski definition) is 5. The molecule has 0 amide bonds. The van der Waals surface area contributed by atoms with E-state index in [4.69, 9.17) is 37.4 Å². The van der Waals surface area contributed by atoms with Crippen LogP contribution in [0.15, 0.2) is 6.07 Å². The highest BCUT2D eigenvalue weighted by molar-refractivity contribution is 6.37. The van der Waals surface area contributed by atoms with Gasteiger partial charge in [0, 0.05) is 13.8 Å². The molecular weight excluding hydrogens is 283 g/mol. The number of ether oxygens (including phenoxy) is 3. The van der Waals surface area contributed by atoms with E-state index in [1.807, 2.05) is 0 Å². The smallest absolute Gasteiger partial charge is 0.308 e. The van der Waals surface area contributed by atoms with Crippen molar-refractivity contribution in [2.75, 3.05) is 7.11 Å². The quantitative estimate of drug-likeness (QED) is 0.633. The van der Waals surface area contributed by atoms with Gasteiger partial charge in [-0.25, -0.2) is 0 Å². The highest BCUT2D eigenvalue weighted by atomic mass is 35.5. The van der Waals surface area contributed by atoms with Crippen LogP contribution in [0.1, 0.15) is 13.8 Å². The van der Waals surface area contributed by atoms with E-state index in [2.05, 4.69) is 0 Å². The second kappa shape index (κ2) is 5.93. The Labute approximate surface area is 114 Å². The zero-order valence-corrected chi connectivity index (χ0v) is 11.4. The van der Waals surface area contributed by atoms with Crippen LogP contribution < -0.4 is 14.2 Å². The van der Waals surface area contributed by atoms with E-state index >= 15 is 0 Å². The summed E-state index contributed by atoms with van der Waals surface area (Å²) < 4.78 is 14.8. The van der Waals surface area contributed by atoms with Crippen molar-refractivity contribution >= 4 is 35.1 Å². The van der Waals surface area contributed by atoms with Crippen LogP contribution in [-0.2, 0) is 9.59 Å². The molecule has 0 aliphatic heterocycles. The Hall–Kier alpha value is -1.46. The highest BCUT2D eigenvalue weighted by Gasteiger charge is 2.23. The van der Waals surface area contributed by atoms with E-state index in [1.165, 1.54) is 27.0 Å². The van der Waals surface area contributed by atoms with Crippen molar-refractivity contribution in [3.8, 4) is 17.2 Å². The minimum absolute atomic E-state index is 0.0345. The Morgan fingerprint density at radius 3 is 1.83 bits per heavy atom. The standard InChI is InChI=1S/C11H10Cl2O5/c1-5(14)17-10-8(13)4-7(12)9(16-3)11(10)18-6(2)15/h4H,1-3H3. The average molecular weight is 293 g/mol. The summed E-state index contributed by atoms with van der Waals surface area (Å²) in [4.78, 5) is 22.0. The van der Waals surface area contributed by atoms with Crippen molar-refractivity contribution < 1.29 is 23.8 Å². The van der Waals surface area contributed by atoms with Crippen LogP contribution in [0.3, 0.4) is 0 Å². The van der Waals surface area contributed by atoms with Gasteiger partial charge in [0.1, 0.15) is 0 Å². The van der Waals surface area contributed by atoms with E-state index in [-0.39, 0.29) is 27.3 Å². The van der Waals surface area contributed by atoms with E-state index < -0.39 is 11.9 Å². The zero-order chi connectivity index (χ0) is 13.9. The second-order valence-electron chi connectivity index (χ2n) is 3.22. The lowest BCUT2D eigenvalue weighted by Gasteiger charge is -2.14. The van der Waals surface area contributed by atoms with Gasteiger partial charge in [0.2, 0.25) is 5.75 Å². The van der Waals surface area contributed by atoms with Crippen LogP contribution in [0, 0.1) is 0 Å². The van der Waals surface area contributed by atoms with Gasteiger partial charge in [-0.15, -0.1) is 0 Å². The molecule has 0 bridgehead atoms. The summed E-state index contributed by atoms with van der Waals surface area (Å²) in [5.74, 6) is -1.42. The second-order valence-corrected chi connectivity index (χ2v) is 4.03. The molecule has 0 aliphatic rings. The SMILES string of the molecule is COc1c(Cl)cc(Cl)c(OC(C)=O)c1OC(C)=O. The lowest BCUT2D eigenvalue weighted by Crippen LogP contribution is -2.09. The van der Waals surface area contributed by atoms with Crippen molar-refractivity contribution in [3.05, 3.63) is 16.1 Å². The number of carbonyl (C=O) groups excluding carboxylic acids is 2. The summed E-state index contributed by atoms with van der Waals surface area (Å²) in [5.41, 5.74) is 0. The molecule has 18 heavy (non-hydrogen) atoms. The van der Waals surface area contributed by atoms with Gasteiger partial charge in [-0.05, 0) is 6.07 Å². The minimum Gasteiger partial charge on any atom is -0.491 e. The fraction of sp³-hybridized carbons (Fsp3) is 0.273. The molecule has 0 atom stereocenters. The van der Waals surface area contributed by atoms with E-state index in [0.29, 0.717) is 0 Å². The van der Waals surface area contributed by atoms with Crippen LogP contribution >= 0.6 is 23.2 Å². The Bertz CT molecular complexity index is 499. The maximum Gasteiger partial charge on any atom is 0.308 e. The Kier molecular flexibility index (Phi) is 4.81. The van der Waals surface area contributed by atoms with E-state index in [9.17, 15) is 9.59 Å². The van der Waals surface area contributed by atoms with Crippen LogP contribution in [0.2, 0.25) is 10.0 Å². The number of rotatable bonds is 3. The molecule has 1 aromatic rings. The molecule has 0 heterocycles. The average Bonchev–Trinajstić information content (AvgIpc) is 2.23. The largest absolute Gasteiger partial charge is 0.491 e. The van der Waals surface area contributed by atoms with Crippen molar-refractivity contribution in [1.82, 2.24) is 0 Å². The van der Waals surface area contributed by atoms with Crippen molar-refractivity contribution in [2.45, 2.75) is 13.8 Å². The summed E-state index contributed by atoms with van der Waals surface area (Å²) >= 11 is 11.8. The minimum atomic E-state index is -0.625. The molecule has 98 valence electrons. The number of benzene rings is 1. The summed E-state index contributed by atoms with van der Waals surface area (Å²) in [6.07, 6.45) is 0. The lowest BCUT2D eigenvalue weighted by molar-refractivity contribution is -0.134. The summed E-state index contributed by atoms with van der Waals surface area (Å²) in [7, 11) is 1.33. The third-order valence-corrected chi connectivity index (χ3v) is 2.36. The van der Waals surface area contributed by atoms with Gasteiger partial charge >= 0.3 is 11.9 Å². The molecule has 5 nitrogen and oxygen atoms in total. The molecule has 1 rings (SSSR count). The number of methoxy groups -OCH3 is 1. The molecule has 0 saturated carbocycles. The van der Waals surface area contributed by atoms with Gasteiger partial charge in [0.25, 0.3) is 0 Å². The number of halogens is 2.